The Balaban J connectivity index is 1.80. The second kappa shape index (κ2) is 6.10. The summed E-state index contributed by atoms with van der Waals surface area (Å²) in [6.07, 6.45) is 2.64. The molecule has 0 atom stereocenters. The summed E-state index contributed by atoms with van der Waals surface area (Å²) in [6, 6.07) is 4.22. The van der Waals surface area contributed by atoms with Crippen LogP contribution in [-0.2, 0) is 13.1 Å². The lowest BCUT2D eigenvalue weighted by Gasteiger charge is -2.29. The SMILES string of the molecule is CC1CCN(Cc2ccc(CNC(C)(C)C)o2)CC1. The summed E-state index contributed by atoms with van der Waals surface area (Å²) in [6.45, 7) is 13.0. The minimum absolute atomic E-state index is 0.135. The molecular formula is C16H28N2O. The molecule has 2 rings (SSSR count). The quantitative estimate of drug-likeness (QED) is 0.903. The van der Waals surface area contributed by atoms with Gasteiger partial charge in [-0.1, -0.05) is 6.92 Å². The van der Waals surface area contributed by atoms with Crippen molar-refractivity contribution in [3.63, 3.8) is 0 Å². The van der Waals surface area contributed by atoms with Crippen molar-refractivity contribution < 1.29 is 4.42 Å². The van der Waals surface area contributed by atoms with Crippen LogP contribution < -0.4 is 5.32 Å². The van der Waals surface area contributed by atoms with Gasteiger partial charge in [0.2, 0.25) is 0 Å². The molecule has 0 amide bonds. The lowest BCUT2D eigenvalue weighted by atomic mass is 9.99. The van der Waals surface area contributed by atoms with Gasteiger partial charge in [0.15, 0.2) is 0 Å². The first-order valence-corrected chi connectivity index (χ1v) is 7.47. The Morgan fingerprint density at radius 3 is 2.47 bits per heavy atom. The van der Waals surface area contributed by atoms with Crippen LogP contribution in [0.5, 0.6) is 0 Å². The Morgan fingerprint density at radius 2 is 1.84 bits per heavy atom. The second-order valence-electron chi connectivity index (χ2n) is 6.93. The minimum atomic E-state index is 0.135. The average molecular weight is 264 g/mol. The van der Waals surface area contributed by atoms with E-state index in [0.717, 1.165) is 30.5 Å². The van der Waals surface area contributed by atoms with E-state index in [2.05, 4.69) is 50.0 Å². The molecule has 1 N–H and O–H groups in total. The van der Waals surface area contributed by atoms with Gasteiger partial charge in [0, 0.05) is 5.54 Å². The highest BCUT2D eigenvalue weighted by atomic mass is 16.3. The molecule has 3 nitrogen and oxygen atoms in total. The van der Waals surface area contributed by atoms with Crippen LogP contribution in [0.15, 0.2) is 16.5 Å². The predicted octanol–water partition coefficient (Wildman–Crippen LogP) is 3.40. The molecule has 1 saturated heterocycles. The summed E-state index contributed by atoms with van der Waals surface area (Å²) in [5.74, 6) is 3.02. The monoisotopic (exact) mass is 264 g/mol. The molecule has 19 heavy (non-hydrogen) atoms. The lowest BCUT2D eigenvalue weighted by molar-refractivity contribution is 0.172. The molecule has 1 aromatic rings. The molecule has 1 aliphatic heterocycles. The van der Waals surface area contributed by atoms with Gasteiger partial charge < -0.3 is 9.73 Å². The van der Waals surface area contributed by atoms with Crippen LogP contribution in [0.1, 0.15) is 52.1 Å². The van der Waals surface area contributed by atoms with Crippen LogP contribution in [0, 0.1) is 5.92 Å². The summed E-state index contributed by atoms with van der Waals surface area (Å²) in [4.78, 5) is 2.50. The zero-order chi connectivity index (χ0) is 13.9. The van der Waals surface area contributed by atoms with E-state index in [9.17, 15) is 0 Å². The third-order valence-electron chi connectivity index (χ3n) is 3.77. The number of nitrogens with one attached hydrogen (secondary N) is 1. The zero-order valence-electron chi connectivity index (χ0n) is 12.8. The standard InChI is InChI=1S/C16H28N2O/c1-13-7-9-18(10-8-13)12-15-6-5-14(19-15)11-17-16(2,3)4/h5-6,13,17H,7-12H2,1-4H3. The Bertz CT molecular complexity index is 384. The Hall–Kier alpha value is -0.800. The number of nitrogens with zero attached hydrogens (tertiary/aromatic N) is 1. The van der Waals surface area contributed by atoms with Crippen molar-refractivity contribution in [2.75, 3.05) is 13.1 Å². The van der Waals surface area contributed by atoms with Crippen LogP contribution >= 0.6 is 0 Å². The largest absolute Gasteiger partial charge is 0.463 e. The summed E-state index contributed by atoms with van der Waals surface area (Å²) in [7, 11) is 0. The van der Waals surface area contributed by atoms with Crippen LogP contribution in [0.25, 0.3) is 0 Å². The van der Waals surface area contributed by atoms with E-state index in [1.54, 1.807) is 0 Å². The number of hydrogen-bond acceptors (Lipinski definition) is 3. The normalized spacial score (nSPS) is 18.9. The van der Waals surface area contributed by atoms with Crippen molar-refractivity contribution in [2.45, 2.75) is 59.2 Å². The minimum Gasteiger partial charge on any atom is -0.463 e. The van der Waals surface area contributed by atoms with Crippen molar-refractivity contribution in [1.82, 2.24) is 10.2 Å². The van der Waals surface area contributed by atoms with Gasteiger partial charge in [0.25, 0.3) is 0 Å². The fraction of sp³-hybridized carbons (Fsp3) is 0.750. The number of rotatable bonds is 4. The fourth-order valence-corrected chi connectivity index (χ4v) is 2.40. The third kappa shape index (κ3) is 5.00. The molecule has 0 unspecified atom stereocenters. The number of likely N-dealkylation sites (tertiary alicyclic amines) is 1. The van der Waals surface area contributed by atoms with E-state index in [-0.39, 0.29) is 5.54 Å². The highest BCUT2D eigenvalue weighted by Gasteiger charge is 2.17. The van der Waals surface area contributed by atoms with Crippen molar-refractivity contribution in [3.8, 4) is 0 Å². The van der Waals surface area contributed by atoms with Gasteiger partial charge in [0.1, 0.15) is 11.5 Å². The van der Waals surface area contributed by atoms with Gasteiger partial charge in [-0.25, -0.2) is 0 Å². The van der Waals surface area contributed by atoms with E-state index in [0.29, 0.717) is 0 Å². The Labute approximate surface area is 117 Å². The Morgan fingerprint density at radius 1 is 1.21 bits per heavy atom. The lowest BCUT2D eigenvalue weighted by Crippen LogP contribution is -2.34. The maximum Gasteiger partial charge on any atom is 0.118 e. The van der Waals surface area contributed by atoms with E-state index in [1.807, 2.05) is 0 Å². The molecule has 1 fully saturated rings. The average Bonchev–Trinajstić information content (AvgIpc) is 2.77. The van der Waals surface area contributed by atoms with E-state index in [4.69, 9.17) is 4.42 Å². The molecule has 0 aromatic carbocycles. The summed E-state index contributed by atoms with van der Waals surface area (Å²) >= 11 is 0. The van der Waals surface area contributed by atoms with E-state index >= 15 is 0 Å². The summed E-state index contributed by atoms with van der Waals surface area (Å²) < 4.78 is 5.90. The van der Waals surface area contributed by atoms with Crippen LogP contribution in [-0.4, -0.2) is 23.5 Å². The van der Waals surface area contributed by atoms with Crippen molar-refractivity contribution in [2.24, 2.45) is 5.92 Å². The first-order valence-electron chi connectivity index (χ1n) is 7.47. The second-order valence-corrected chi connectivity index (χ2v) is 6.93. The topological polar surface area (TPSA) is 28.4 Å². The van der Waals surface area contributed by atoms with Crippen molar-refractivity contribution in [1.29, 1.82) is 0 Å². The highest BCUT2D eigenvalue weighted by molar-refractivity contribution is 5.07. The molecule has 0 saturated carbocycles. The number of furan rings is 1. The highest BCUT2D eigenvalue weighted by Crippen LogP contribution is 2.19. The molecule has 2 heterocycles. The van der Waals surface area contributed by atoms with E-state index in [1.165, 1.54) is 25.9 Å². The van der Waals surface area contributed by atoms with Gasteiger partial charge in [-0.3, -0.25) is 4.90 Å². The first kappa shape index (κ1) is 14.6. The Kier molecular flexibility index (Phi) is 4.69. The molecule has 108 valence electrons. The summed E-state index contributed by atoms with van der Waals surface area (Å²) in [5, 5.41) is 3.45. The molecule has 0 spiro atoms. The maximum absolute atomic E-state index is 5.90. The predicted molar refractivity (Wildman–Crippen MR) is 79.0 cm³/mol. The molecule has 0 aliphatic carbocycles. The van der Waals surface area contributed by atoms with E-state index < -0.39 is 0 Å². The van der Waals surface area contributed by atoms with Gasteiger partial charge in [0.05, 0.1) is 13.1 Å². The molecule has 0 bridgehead atoms. The van der Waals surface area contributed by atoms with Crippen LogP contribution in [0.2, 0.25) is 0 Å². The molecular weight excluding hydrogens is 236 g/mol. The zero-order valence-corrected chi connectivity index (χ0v) is 12.8. The molecule has 1 aromatic heterocycles. The molecule has 0 radical (unpaired) electrons. The van der Waals surface area contributed by atoms with Crippen molar-refractivity contribution in [3.05, 3.63) is 23.7 Å². The number of hydrogen-bond donors (Lipinski definition) is 1. The van der Waals surface area contributed by atoms with Gasteiger partial charge in [-0.2, -0.15) is 0 Å². The molecule has 3 heteroatoms. The number of piperidine rings is 1. The fourth-order valence-electron chi connectivity index (χ4n) is 2.40. The van der Waals surface area contributed by atoms with Gasteiger partial charge in [-0.15, -0.1) is 0 Å². The third-order valence-corrected chi connectivity index (χ3v) is 3.77. The van der Waals surface area contributed by atoms with Gasteiger partial charge in [-0.05, 0) is 64.8 Å². The van der Waals surface area contributed by atoms with Crippen LogP contribution in [0.4, 0.5) is 0 Å². The maximum atomic E-state index is 5.90. The molecule has 1 aliphatic rings. The van der Waals surface area contributed by atoms with Crippen LogP contribution in [0.3, 0.4) is 0 Å². The summed E-state index contributed by atoms with van der Waals surface area (Å²) in [5.41, 5.74) is 0.135. The first-order chi connectivity index (χ1) is 8.92. The van der Waals surface area contributed by atoms with Crippen molar-refractivity contribution >= 4 is 0 Å². The van der Waals surface area contributed by atoms with Gasteiger partial charge >= 0.3 is 0 Å². The smallest absolute Gasteiger partial charge is 0.118 e.